The number of carbonyl (C=O) groups excluding carboxylic acids is 1. The van der Waals surface area contributed by atoms with Crippen LogP contribution in [-0.4, -0.2) is 67.5 Å². The van der Waals surface area contributed by atoms with E-state index in [2.05, 4.69) is 20.1 Å². The molecule has 0 N–H and O–H groups in total. The molecule has 1 amide bonds. The molecule has 1 aliphatic heterocycles. The third-order valence-corrected chi connectivity index (χ3v) is 3.75. The van der Waals surface area contributed by atoms with Crippen LogP contribution in [0.1, 0.15) is 26.6 Å². The Morgan fingerprint density at radius 1 is 1.19 bits per heavy atom. The number of aryl methyl sites for hydroxylation is 1. The average molecular weight is 363 g/mol. The number of carbonyl (C=O) groups is 1. The first-order chi connectivity index (χ1) is 12.2. The Bertz CT molecular complexity index is 794. The van der Waals surface area contributed by atoms with Crippen LogP contribution in [0.2, 0.25) is 0 Å². The summed E-state index contributed by atoms with van der Waals surface area (Å²) in [6, 6.07) is 0. The number of amides is 1. The van der Waals surface area contributed by atoms with Gasteiger partial charge in [-0.1, -0.05) is 0 Å². The summed E-state index contributed by atoms with van der Waals surface area (Å²) in [4.78, 5) is 28.0. The van der Waals surface area contributed by atoms with E-state index in [0.29, 0.717) is 38.0 Å². The Labute approximate surface area is 150 Å². The number of piperazine rings is 1. The topological polar surface area (TPSA) is 89.3 Å². The third-order valence-electron chi connectivity index (χ3n) is 3.75. The van der Waals surface area contributed by atoms with Gasteiger partial charge < -0.3 is 14.5 Å². The number of halogens is 1. The SMILES string of the molecule is Cc1ncn(-c2nc(N3CCN(C(=O)OC(C)(C)C)CC3)ncc2F)n1. The smallest absolute Gasteiger partial charge is 0.410 e. The molecule has 1 fully saturated rings. The second-order valence-corrected chi connectivity index (χ2v) is 7.03. The minimum atomic E-state index is -0.578. The molecule has 0 bridgehead atoms. The number of aromatic nitrogens is 5. The molecule has 1 saturated heterocycles. The molecule has 2 aromatic rings. The predicted octanol–water partition coefficient (Wildman–Crippen LogP) is 1.56. The molecule has 0 radical (unpaired) electrons. The quantitative estimate of drug-likeness (QED) is 0.800. The molecular formula is C16H22FN7O2. The van der Waals surface area contributed by atoms with Crippen LogP contribution in [0.25, 0.3) is 5.82 Å². The van der Waals surface area contributed by atoms with E-state index >= 15 is 0 Å². The van der Waals surface area contributed by atoms with Crippen LogP contribution in [0, 0.1) is 12.7 Å². The third kappa shape index (κ3) is 4.06. The molecular weight excluding hydrogens is 341 g/mol. The Morgan fingerprint density at radius 3 is 2.46 bits per heavy atom. The first-order valence-corrected chi connectivity index (χ1v) is 8.37. The van der Waals surface area contributed by atoms with E-state index in [-0.39, 0.29) is 11.9 Å². The van der Waals surface area contributed by atoms with Crippen molar-refractivity contribution in [3.05, 3.63) is 24.2 Å². The van der Waals surface area contributed by atoms with Crippen molar-refractivity contribution in [1.29, 1.82) is 0 Å². The van der Waals surface area contributed by atoms with Gasteiger partial charge in [0.25, 0.3) is 0 Å². The van der Waals surface area contributed by atoms with Crippen molar-refractivity contribution in [2.45, 2.75) is 33.3 Å². The number of rotatable bonds is 2. The van der Waals surface area contributed by atoms with E-state index < -0.39 is 11.4 Å². The zero-order valence-corrected chi connectivity index (χ0v) is 15.3. The van der Waals surface area contributed by atoms with Crippen LogP contribution in [0.3, 0.4) is 0 Å². The van der Waals surface area contributed by atoms with Gasteiger partial charge in [0.05, 0.1) is 6.20 Å². The molecule has 140 valence electrons. The maximum absolute atomic E-state index is 14.1. The lowest BCUT2D eigenvalue weighted by Gasteiger charge is -2.35. The van der Waals surface area contributed by atoms with Crippen LogP contribution in [-0.2, 0) is 4.74 Å². The van der Waals surface area contributed by atoms with Gasteiger partial charge in [-0.15, -0.1) is 0 Å². The van der Waals surface area contributed by atoms with Crippen molar-refractivity contribution in [3.8, 4) is 5.82 Å². The lowest BCUT2D eigenvalue weighted by atomic mass is 10.2. The van der Waals surface area contributed by atoms with Crippen molar-refractivity contribution >= 4 is 12.0 Å². The molecule has 0 atom stereocenters. The summed E-state index contributed by atoms with van der Waals surface area (Å²) in [6.07, 6.45) is 2.19. The van der Waals surface area contributed by atoms with Crippen molar-refractivity contribution in [2.24, 2.45) is 0 Å². The highest BCUT2D eigenvalue weighted by molar-refractivity contribution is 5.68. The van der Waals surface area contributed by atoms with Crippen molar-refractivity contribution in [3.63, 3.8) is 0 Å². The van der Waals surface area contributed by atoms with Crippen LogP contribution >= 0.6 is 0 Å². The number of hydrogen-bond donors (Lipinski definition) is 0. The Balaban J connectivity index is 1.69. The van der Waals surface area contributed by atoms with Crippen LogP contribution < -0.4 is 4.90 Å². The Kier molecular flexibility index (Phi) is 4.75. The van der Waals surface area contributed by atoms with Gasteiger partial charge >= 0.3 is 6.09 Å². The fraction of sp³-hybridized carbons (Fsp3) is 0.562. The maximum atomic E-state index is 14.1. The minimum Gasteiger partial charge on any atom is -0.444 e. The summed E-state index contributed by atoms with van der Waals surface area (Å²) in [5.41, 5.74) is -0.529. The van der Waals surface area contributed by atoms with E-state index in [1.165, 1.54) is 11.0 Å². The molecule has 26 heavy (non-hydrogen) atoms. The molecule has 10 heteroatoms. The largest absolute Gasteiger partial charge is 0.444 e. The predicted molar refractivity (Wildman–Crippen MR) is 91.7 cm³/mol. The zero-order chi connectivity index (χ0) is 18.9. The lowest BCUT2D eigenvalue weighted by molar-refractivity contribution is 0.0240. The molecule has 2 aromatic heterocycles. The molecule has 3 rings (SSSR count). The molecule has 0 aromatic carbocycles. The number of ether oxygens (including phenoxy) is 1. The summed E-state index contributed by atoms with van der Waals surface area (Å²) in [7, 11) is 0. The first-order valence-electron chi connectivity index (χ1n) is 8.37. The van der Waals surface area contributed by atoms with Crippen molar-refractivity contribution < 1.29 is 13.9 Å². The fourth-order valence-electron chi connectivity index (χ4n) is 2.53. The maximum Gasteiger partial charge on any atom is 0.410 e. The summed E-state index contributed by atoms with van der Waals surface area (Å²) < 4.78 is 20.7. The molecule has 0 spiro atoms. The second kappa shape index (κ2) is 6.85. The van der Waals surface area contributed by atoms with Gasteiger partial charge in [-0.25, -0.2) is 19.2 Å². The highest BCUT2D eigenvalue weighted by Gasteiger charge is 2.27. The standard InChI is InChI=1S/C16H22FN7O2/c1-11-19-10-24(21-11)13-12(17)9-18-14(20-13)22-5-7-23(8-6-22)15(25)26-16(2,3)4/h9-10H,5-8H2,1-4H3. The van der Waals surface area contributed by atoms with Crippen LogP contribution in [0.4, 0.5) is 15.1 Å². The Hall–Kier alpha value is -2.78. The van der Waals surface area contributed by atoms with Crippen molar-refractivity contribution in [2.75, 3.05) is 31.1 Å². The molecule has 0 aliphatic carbocycles. The van der Waals surface area contributed by atoms with Gasteiger partial charge in [0.2, 0.25) is 5.95 Å². The Morgan fingerprint density at radius 2 is 1.88 bits per heavy atom. The van der Waals surface area contributed by atoms with Crippen molar-refractivity contribution in [1.82, 2.24) is 29.6 Å². The summed E-state index contributed by atoms with van der Waals surface area (Å²) in [6.45, 7) is 9.23. The minimum absolute atomic E-state index is 0.0465. The van der Waals surface area contributed by atoms with Gasteiger partial charge in [-0.05, 0) is 27.7 Å². The summed E-state index contributed by atoms with van der Waals surface area (Å²) in [5.74, 6) is 0.380. The van der Waals surface area contributed by atoms with Crippen LogP contribution in [0.15, 0.2) is 12.5 Å². The van der Waals surface area contributed by atoms with Gasteiger partial charge in [0.1, 0.15) is 17.8 Å². The lowest BCUT2D eigenvalue weighted by Crippen LogP contribution is -2.50. The summed E-state index contributed by atoms with van der Waals surface area (Å²) >= 11 is 0. The molecule has 9 nitrogen and oxygen atoms in total. The van der Waals surface area contributed by atoms with Crippen LogP contribution in [0.5, 0.6) is 0 Å². The highest BCUT2D eigenvalue weighted by atomic mass is 19.1. The van der Waals surface area contributed by atoms with E-state index in [4.69, 9.17) is 4.74 Å². The fourth-order valence-corrected chi connectivity index (χ4v) is 2.53. The normalized spacial score (nSPS) is 15.3. The van der Waals surface area contributed by atoms with E-state index in [1.54, 1.807) is 11.8 Å². The molecule has 0 unspecified atom stereocenters. The zero-order valence-electron chi connectivity index (χ0n) is 15.3. The first kappa shape index (κ1) is 18.0. The molecule has 1 aliphatic rings. The second-order valence-electron chi connectivity index (χ2n) is 7.03. The van der Waals surface area contributed by atoms with E-state index in [9.17, 15) is 9.18 Å². The van der Waals surface area contributed by atoms with Gasteiger partial charge in [0, 0.05) is 26.2 Å². The van der Waals surface area contributed by atoms with E-state index in [0.717, 1.165) is 6.20 Å². The highest BCUT2D eigenvalue weighted by Crippen LogP contribution is 2.17. The van der Waals surface area contributed by atoms with Gasteiger partial charge in [-0.2, -0.15) is 14.8 Å². The van der Waals surface area contributed by atoms with Gasteiger partial charge in [-0.3, -0.25) is 0 Å². The monoisotopic (exact) mass is 363 g/mol. The molecule has 3 heterocycles. The summed E-state index contributed by atoms with van der Waals surface area (Å²) in [5, 5.41) is 4.08. The molecule has 0 saturated carbocycles. The number of anilines is 1. The van der Waals surface area contributed by atoms with E-state index in [1.807, 2.05) is 25.7 Å². The number of nitrogens with zero attached hydrogens (tertiary/aromatic N) is 7. The average Bonchev–Trinajstić information content (AvgIpc) is 3.00. The number of hydrogen-bond acceptors (Lipinski definition) is 7. The van der Waals surface area contributed by atoms with Gasteiger partial charge in [0.15, 0.2) is 11.6 Å².